The van der Waals surface area contributed by atoms with E-state index in [4.69, 9.17) is 21.1 Å². The summed E-state index contributed by atoms with van der Waals surface area (Å²) in [5.74, 6) is 0.709. The molecule has 0 heterocycles. The van der Waals surface area contributed by atoms with Gasteiger partial charge in [-0.2, -0.15) is 0 Å². The van der Waals surface area contributed by atoms with Crippen molar-refractivity contribution in [3.63, 3.8) is 0 Å². The molecule has 0 saturated heterocycles. The van der Waals surface area contributed by atoms with Gasteiger partial charge in [0.05, 0.1) is 19.1 Å². The summed E-state index contributed by atoms with van der Waals surface area (Å²) in [4.78, 5) is 12.3. The van der Waals surface area contributed by atoms with Crippen LogP contribution in [-0.2, 0) is 14.8 Å². The Morgan fingerprint density at radius 2 is 1.62 bits per heavy atom. The highest BCUT2D eigenvalue weighted by atomic mass is 35.5. The number of amides is 1. The lowest BCUT2D eigenvalue weighted by molar-refractivity contribution is -0.111. The fraction of sp³-hybridized carbons (Fsp3) is 0.0870. The molecular formula is C23H21ClN2O5S. The predicted molar refractivity (Wildman–Crippen MR) is 126 cm³/mol. The van der Waals surface area contributed by atoms with Crippen molar-refractivity contribution in [2.75, 3.05) is 24.3 Å². The number of carbonyl (C=O) groups excluding carboxylic acids is 1. The van der Waals surface area contributed by atoms with E-state index in [0.29, 0.717) is 27.9 Å². The highest BCUT2D eigenvalue weighted by molar-refractivity contribution is 7.92. The summed E-state index contributed by atoms with van der Waals surface area (Å²) in [5, 5.41) is 3.15. The molecule has 0 bridgehead atoms. The summed E-state index contributed by atoms with van der Waals surface area (Å²) in [6, 6.07) is 17.5. The van der Waals surface area contributed by atoms with Crippen LogP contribution in [0.15, 0.2) is 77.7 Å². The van der Waals surface area contributed by atoms with Crippen LogP contribution < -0.4 is 19.5 Å². The molecule has 9 heteroatoms. The van der Waals surface area contributed by atoms with E-state index in [0.717, 1.165) is 5.56 Å². The largest absolute Gasteiger partial charge is 0.493 e. The molecule has 32 heavy (non-hydrogen) atoms. The van der Waals surface area contributed by atoms with Crippen molar-refractivity contribution in [3.8, 4) is 11.5 Å². The summed E-state index contributed by atoms with van der Waals surface area (Å²) in [5.41, 5.74) is 1.45. The van der Waals surface area contributed by atoms with E-state index < -0.39 is 15.9 Å². The van der Waals surface area contributed by atoms with E-state index in [9.17, 15) is 13.2 Å². The molecule has 166 valence electrons. The van der Waals surface area contributed by atoms with Gasteiger partial charge in [-0.05, 0) is 66.2 Å². The molecule has 3 aromatic carbocycles. The van der Waals surface area contributed by atoms with Crippen molar-refractivity contribution in [3.05, 3.63) is 83.4 Å². The molecule has 1 amide bonds. The molecule has 0 aliphatic heterocycles. The maximum Gasteiger partial charge on any atom is 0.261 e. The van der Waals surface area contributed by atoms with Crippen molar-refractivity contribution in [1.82, 2.24) is 0 Å². The summed E-state index contributed by atoms with van der Waals surface area (Å²) in [7, 11) is -0.772. The first-order chi connectivity index (χ1) is 15.3. The summed E-state index contributed by atoms with van der Waals surface area (Å²) >= 11 is 5.83. The first kappa shape index (κ1) is 23.2. The summed E-state index contributed by atoms with van der Waals surface area (Å²) in [6.45, 7) is 0. The third kappa shape index (κ3) is 6.03. The first-order valence-corrected chi connectivity index (χ1v) is 11.3. The molecule has 0 saturated carbocycles. The highest BCUT2D eigenvalue weighted by Crippen LogP contribution is 2.28. The van der Waals surface area contributed by atoms with E-state index in [1.54, 1.807) is 67.8 Å². The van der Waals surface area contributed by atoms with Gasteiger partial charge in [-0.3, -0.25) is 9.52 Å². The lowest BCUT2D eigenvalue weighted by Crippen LogP contribution is -2.14. The maximum absolute atomic E-state index is 12.7. The zero-order valence-corrected chi connectivity index (χ0v) is 18.9. The number of sulfonamides is 1. The Bertz CT molecular complexity index is 1240. The standard InChI is InChI=1S/C23H21ClN2O5S/c1-30-21-12-6-16(14-22(21)31-2)7-13-23(27)25-19-4-3-5-20(15-19)32(28,29)26-18-10-8-17(24)9-11-18/h3-15,26H,1-2H3,(H,25,27)/b13-7+. The SMILES string of the molecule is COc1ccc(/C=C/C(=O)Nc2cccc(S(=O)(=O)Nc3ccc(Cl)cc3)c2)cc1OC. The number of anilines is 2. The van der Waals surface area contributed by atoms with Gasteiger partial charge in [0.1, 0.15) is 0 Å². The average Bonchev–Trinajstić information content (AvgIpc) is 2.79. The van der Waals surface area contributed by atoms with Crippen LogP contribution in [0.5, 0.6) is 11.5 Å². The van der Waals surface area contributed by atoms with Crippen LogP contribution in [0, 0.1) is 0 Å². The molecule has 3 rings (SSSR count). The number of nitrogens with one attached hydrogen (secondary N) is 2. The molecular weight excluding hydrogens is 452 g/mol. The maximum atomic E-state index is 12.7. The Labute approximate surface area is 191 Å². The molecule has 2 N–H and O–H groups in total. The highest BCUT2D eigenvalue weighted by Gasteiger charge is 2.15. The molecule has 0 fully saturated rings. The quantitative estimate of drug-likeness (QED) is 0.459. The molecule has 0 spiro atoms. The number of ether oxygens (including phenoxy) is 2. The average molecular weight is 473 g/mol. The number of rotatable bonds is 8. The van der Waals surface area contributed by atoms with Gasteiger partial charge in [-0.15, -0.1) is 0 Å². The molecule has 0 atom stereocenters. The van der Waals surface area contributed by atoms with Gasteiger partial charge in [-0.1, -0.05) is 23.7 Å². The van der Waals surface area contributed by atoms with Crippen molar-refractivity contribution in [1.29, 1.82) is 0 Å². The lowest BCUT2D eigenvalue weighted by Gasteiger charge is -2.10. The predicted octanol–water partition coefficient (Wildman–Crippen LogP) is 4.81. The number of benzene rings is 3. The Balaban J connectivity index is 1.70. The Morgan fingerprint density at radius 1 is 0.906 bits per heavy atom. The zero-order valence-electron chi connectivity index (χ0n) is 17.3. The number of hydrogen-bond acceptors (Lipinski definition) is 5. The van der Waals surface area contributed by atoms with Gasteiger partial charge in [0.2, 0.25) is 5.91 Å². The zero-order chi connectivity index (χ0) is 23.1. The fourth-order valence-corrected chi connectivity index (χ4v) is 4.02. The topological polar surface area (TPSA) is 93.7 Å². The van der Waals surface area contributed by atoms with Crippen LogP contribution in [0.1, 0.15) is 5.56 Å². The van der Waals surface area contributed by atoms with E-state index in [1.165, 1.54) is 25.3 Å². The minimum absolute atomic E-state index is 0.00844. The summed E-state index contributed by atoms with van der Waals surface area (Å²) in [6.07, 6.45) is 2.95. The Morgan fingerprint density at radius 3 is 2.31 bits per heavy atom. The second-order valence-corrected chi connectivity index (χ2v) is 8.70. The van der Waals surface area contributed by atoms with E-state index in [-0.39, 0.29) is 4.90 Å². The molecule has 0 unspecified atom stereocenters. The normalized spacial score (nSPS) is 11.2. The van der Waals surface area contributed by atoms with Crippen molar-refractivity contribution >= 4 is 45.0 Å². The molecule has 0 aliphatic carbocycles. The van der Waals surface area contributed by atoms with Gasteiger partial charge in [0.25, 0.3) is 10.0 Å². The van der Waals surface area contributed by atoms with Crippen LogP contribution in [0.2, 0.25) is 5.02 Å². The Kier molecular flexibility index (Phi) is 7.40. The van der Waals surface area contributed by atoms with Crippen LogP contribution in [-0.4, -0.2) is 28.5 Å². The first-order valence-electron chi connectivity index (χ1n) is 9.40. The second-order valence-electron chi connectivity index (χ2n) is 6.58. The molecule has 3 aromatic rings. The summed E-state index contributed by atoms with van der Waals surface area (Å²) < 4.78 is 38.2. The molecule has 0 aromatic heterocycles. The van der Waals surface area contributed by atoms with Gasteiger partial charge in [0.15, 0.2) is 11.5 Å². The van der Waals surface area contributed by atoms with Crippen molar-refractivity contribution < 1.29 is 22.7 Å². The van der Waals surface area contributed by atoms with Crippen LogP contribution >= 0.6 is 11.6 Å². The molecule has 7 nitrogen and oxygen atoms in total. The number of carbonyl (C=O) groups is 1. The monoisotopic (exact) mass is 472 g/mol. The van der Waals surface area contributed by atoms with Crippen LogP contribution in [0.4, 0.5) is 11.4 Å². The van der Waals surface area contributed by atoms with Gasteiger partial charge in [-0.25, -0.2) is 8.42 Å². The van der Waals surface area contributed by atoms with Crippen LogP contribution in [0.3, 0.4) is 0 Å². The van der Waals surface area contributed by atoms with Crippen molar-refractivity contribution in [2.45, 2.75) is 4.90 Å². The van der Waals surface area contributed by atoms with Gasteiger partial charge < -0.3 is 14.8 Å². The van der Waals surface area contributed by atoms with E-state index in [2.05, 4.69) is 10.0 Å². The second kappa shape index (κ2) is 10.2. The molecule has 0 radical (unpaired) electrons. The fourth-order valence-electron chi connectivity index (χ4n) is 2.79. The molecule has 0 aliphatic rings. The number of methoxy groups -OCH3 is 2. The third-order valence-corrected chi connectivity index (χ3v) is 5.97. The van der Waals surface area contributed by atoms with Gasteiger partial charge in [0, 0.05) is 22.5 Å². The van der Waals surface area contributed by atoms with Crippen molar-refractivity contribution in [2.24, 2.45) is 0 Å². The minimum atomic E-state index is -3.84. The number of hydrogen-bond donors (Lipinski definition) is 2. The number of halogens is 1. The van der Waals surface area contributed by atoms with E-state index in [1.807, 2.05) is 0 Å². The minimum Gasteiger partial charge on any atom is -0.493 e. The smallest absolute Gasteiger partial charge is 0.261 e. The Hall–Kier alpha value is -3.49. The van der Waals surface area contributed by atoms with E-state index >= 15 is 0 Å². The third-order valence-electron chi connectivity index (χ3n) is 4.34. The van der Waals surface area contributed by atoms with Gasteiger partial charge >= 0.3 is 0 Å². The lowest BCUT2D eigenvalue weighted by atomic mass is 10.2. The van der Waals surface area contributed by atoms with Crippen LogP contribution in [0.25, 0.3) is 6.08 Å².